The van der Waals surface area contributed by atoms with E-state index in [0.29, 0.717) is 0 Å². The highest BCUT2D eigenvalue weighted by Crippen LogP contribution is 2.12. The number of ether oxygens (including phenoxy) is 1. The van der Waals surface area contributed by atoms with Crippen molar-refractivity contribution in [2.45, 2.75) is 6.92 Å². The maximum atomic E-state index is 5.33. The Morgan fingerprint density at radius 2 is 2.00 bits per heavy atom. The van der Waals surface area contributed by atoms with Crippen molar-refractivity contribution in [3.05, 3.63) is 35.9 Å². The number of allylic oxidation sites excluding steroid dienone is 1. The van der Waals surface area contributed by atoms with E-state index in [4.69, 9.17) is 4.74 Å². The van der Waals surface area contributed by atoms with Gasteiger partial charge in [0, 0.05) is 5.33 Å². The van der Waals surface area contributed by atoms with Gasteiger partial charge >= 0.3 is 0 Å². The number of alkyl halides is 1. The normalized spacial score (nSPS) is 10.6. The zero-order valence-corrected chi connectivity index (χ0v) is 9.25. The third-order valence-corrected chi connectivity index (χ3v) is 1.96. The summed E-state index contributed by atoms with van der Waals surface area (Å²) < 4.78 is 5.33. The minimum atomic E-state index is 0.719. The lowest BCUT2D eigenvalue weighted by Crippen LogP contribution is -1.90. The number of halogens is 1. The summed E-state index contributed by atoms with van der Waals surface area (Å²) >= 11 is 3.33. The molecule has 0 heterocycles. The minimum absolute atomic E-state index is 0.719. The second kappa shape index (κ2) is 5.81. The Hall–Kier alpha value is -0.760. The summed E-state index contributed by atoms with van der Waals surface area (Å²) in [4.78, 5) is 0. The second-order valence-electron chi connectivity index (χ2n) is 2.56. The van der Waals surface area contributed by atoms with Gasteiger partial charge in [0.25, 0.3) is 0 Å². The molecule has 1 rings (SSSR count). The fraction of sp³-hybridized carbons (Fsp3) is 0.273. The molecule has 1 nitrogen and oxygen atoms in total. The molecule has 0 N–H and O–H groups in total. The molecule has 0 fully saturated rings. The standard InChI is InChI=1S/C11H13BrO/c1-2-13-11-7-5-10(6-8-11)4-3-9-12/h3-8H,2,9H2,1H3/b4-3+. The van der Waals surface area contributed by atoms with E-state index in [1.54, 1.807) is 0 Å². The molecule has 0 spiro atoms. The van der Waals surface area contributed by atoms with Crippen LogP contribution in [0.5, 0.6) is 5.75 Å². The molecule has 1 aromatic carbocycles. The van der Waals surface area contributed by atoms with Crippen molar-refractivity contribution in [3.63, 3.8) is 0 Å². The van der Waals surface area contributed by atoms with Crippen LogP contribution in [0.15, 0.2) is 30.3 Å². The Kier molecular flexibility index (Phi) is 4.61. The molecule has 13 heavy (non-hydrogen) atoms. The van der Waals surface area contributed by atoms with Crippen LogP contribution in [0.25, 0.3) is 6.08 Å². The molecular weight excluding hydrogens is 228 g/mol. The Labute approximate surface area is 87.5 Å². The number of benzene rings is 1. The van der Waals surface area contributed by atoms with Crippen molar-refractivity contribution < 1.29 is 4.74 Å². The van der Waals surface area contributed by atoms with Gasteiger partial charge in [0.2, 0.25) is 0 Å². The first-order valence-electron chi connectivity index (χ1n) is 4.32. The van der Waals surface area contributed by atoms with Crippen molar-refractivity contribution in [1.29, 1.82) is 0 Å². The van der Waals surface area contributed by atoms with E-state index in [1.807, 2.05) is 31.2 Å². The van der Waals surface area contributed by atoms with Crippen molar-refractivity contribution in [2.24, 2.45) is 0 Å². The third kappa shape index (κ3) is 3.64. The minimum Gasteiger partial charge on any atom is -0.494 e. The summed E-state index contributed by atoms with van der Waals surface area (Å²) in [5.74, 6) is 0.929. The molecule has 70 valence electrons. The molecule has 0 aromatic heterocycles. The fourth-order valence-electron chi connectivity index (χ4n) is 1.02. The Morgan fingerprint density at radius 3 is 2.54 bits per heavy atom. The van der Waals surface area contributed by atoms with Crippen LogP contribution in [0.1, 0.15) is 12.5 Å². The smallest absolute Gasteiger partial charge is 0.119 e. The third-order valence-electron chi connectivity index (χ3n) is 1.59. The van der Waals surface area contributed by atoms with Crippen molar-refractivity contribution in [2.75, 3.05) is 11.9 Å². The molecule has 0 unspecified atom stereocenters. The predicted molar refractivity (Wildman–Crippen MR) is 60.4 cm³/mol. The number of hydrogen-bond donors (Lipinski definition) is 0. The highest BCUT2D eigenvalue weighted by Gasteiger charge is 1.90. The summed E-state index contributed by atoms with van der Waals surface area (Å²) in [5.41, 5.74) is 1.20. The van der Waals surface area contributed by atoms with Crippen LogP contribution in [0.4, 0.5) is 0 Å². The van der Waals surface area contributed by atoms with E-state index in [-0.39, 0.29) is 0 Å². The first-order chi connectivity index (χ1) is 6.36. The lowest BCUT2D eigenvalue weighted by atomic mass is 10.2. The van der Waals surface area contributed by atoms with E-state index < -0.39 is 0 Å². The molecule has 0 aliphatic heterocycles. The van der Waals surface area contributed by atoms with E-state index in [9.17, 15) is 0 Å². The van der Waals surface area contributed by atoms with E-state index >= 15 is 0 Å². The summed E-state index contributed by atoms with van der Waals surface area (Å²) in [6.45, 7) is 2.70. The van der Waals surface area contributed by atoms with Gasteiger partial charge < -0.3 is 4.74 Å². The molecule has 0 bridgehead atoms. The zero-order chi connectivity index (χ0) is 9.52. The molecule has 0 radical (unpaired) electrons. The predicted octanol–water partition coefficient (Wildman–Crippen LogP) is 3.49. The van der Waals surface area contributed by atoms with Gasteiger partial charge in [-0.05, 0) is 24.6 Å². The quantitative estimate of drug-likeness (QED) is 0.733. The van der Waals surface area contributed by atoms with Crippen LogP contribution in [-0.2, 0) is 0 Å². The second-order valence-corrected chi connectivity index (χ2v) is 3.21. The lowest BCUT2D eigenvalue weighted by Gasteiger charge is -2.01. The van der Waals surface area contributed by atoms with Crippen LogP contribution < -0.4 is 4.74 Å². The molecule has 0 atom stereocenters. The average molecular weight is 241 g/mol. The zero-order valence-electron chi connectivity index (χ0n) is 7.66. The monoisotopic (exact) mass is 240 g/mol. The summed E-state index contributed by atoms with van der Waals surface area (Å²) in [6.07, 6.45) is 4.14. The number of rotatable bonds is 4. The van der Waals surface area contributed by atoms with E-state index in [1.165, 1.54) is 5.56 Å². The van der Waals surface area contributed by atoms with Gasteiger partial charge in [-0.15, -0.1) is 0 Å². The largest absolute Gasteiger partial charge is 0.494 e. The van der Waals surface area contributed by atoms with Crippen molar-refractivity contribution >= 4 is 22.0 Å². The molecule has 1 aromatic rings. The van der Waals surface area contributed by atoms with Gasteiger partial charge in [0.15, 0.2) is 0 Å². The topological polar surface area (TPSA) is 9.23 Å². The molecule has 0 aliphatic rings. The van der Waals surface area contributed by atoms with Crippen LogP contribution in [0, 0.1) is 0 Å². The molecule has 0 saturated heterocycles. The van der Waals surface area contributed by atoms with Gasteiger partial charge in [-0.3, -0.25) is 0 Å². The SMILES string of the molecule is CCOc1ccc(/C=C/CBr)cc1. The molecule has 2 heteroatoms. The average Bonchev–Trinajstić information content (AvgIpc) is 2.17. The first-order valence-corrected chi connectivity index (χ1v) is 5.44. The van der Waals surface area contributed by atoms with Crippen LogP contribution in [-0.4, -0.2) is 11.9 Å². The first kappa shape index (κ1) is 10.3. The Balaban J connectivity index is 2.64. The molecular formula is C11H13BrO. The van der Waals surface area contributed by atoms with Crippen LogP contribution in [0.2, 0.25) is 0 Å². The van der Waals surface area contributed by atoms with Gasteiger partial charge in [-0.25, -0.2) is 0 Å². The summed E-state index contributed by atoms with van der Waals surface area (Å²) in [5, 5.41) is 0.889. The van der Waals surface area contributed by atoms with Gasteiger partial charge in [-0.1, -0.05) is 40.2 Å². The highest BCUT2D eigenvalue weighted by atomic mass is 79.9. The number of hydrogen-bond acceptors (Lipinski definition) is 1. The molecule has 0 saturated carbocycles. The van der Waals surface area contributed by atoms with Crippen LogP contribution in [0.3, 0.4) is 0 Å². The maximum absolute atomic E-state index is 5.33. The maximum Gasteiger partial charge on any atom is 0.119 e. The van der Waals surface area contributed by atoms with Crippen molar-refractivity contribution in [1.82, 2.24) is 0 Å². The fourth-order valence-corrected chi connectivity index (χ4v) is 1.21. The lowest BCUT2D eigenvalue weighted by molar-refractivity contribution is 0.340. The Bertz CT molecular complexity index is 264. The highest BCUT2D eigenvalue weighted by molar-refractivity contribution is 9.09. The van der Waals surface area contributed by atoms with Gasteiger partial charge in [0.05, 0.1) is 6.61 Å². The summed E-state index contributed by atoms with van der Waals surface area (Å²) in [7, 11) is 0. The van der Waals surface area contributed by atoms with E-state index in [0.717, 1.165) is 17.7 Å². The molecule has 0 amide bonds. The van der Waals surface area contributed by atoms with Crippen LogP contribution >= 0.6 is 15.9 Å². The van der Waals surface area contributed by atoms with Crippen molar-refractivity contribution in [3.8, 4) is 5.75 Å². The Morgan fingerprint density at radius 1 is 1.31 bits per heavy atom. The van der Waals surface area contributed by atoms with E-state index in [2.05, 4.69) is 28.1 Å². The molecule has 0 aliphatic carbocycles. The van der Waals surface area contributed by atoms with Gasteiger partial charge in [-0.2, -0.15) is 0 Å². The van der Waals surface area contributed by atoms with Gasteiger partial charge in [0.1, 0.15) is 5.75 Å². The summed E-state index contributed by atoms with van der Waals surface area (Å²) in [6, 6.07) is 8.06.